The van der Waals surface area contributed by atoms with Crippen molar-refractivity contribution in [1.29, 1.82) is 0 Å². The van der Waals surface area contributed by atoms with Gasteiger partial charge in [0.2, 0.25) is 0 Å². The predicted octanol–water partition coefficient (Wildman–Crippen LogP) is 0.103. The van der Waals surface area contributed by atoms with Crippen LogP contribution in [0.2, 0.25) is 0 Å². The highest BCUT2D eigenvalue weighted by atomic mass is 32.2. The predicted molar refractivity (Wildman–Crippen MR) is 58.9 cm³/mol. The van der Waals surface area contributed by atoms with Gasteiger partial charge in [-0.3, -0.25) is 0 Å². The molecule has 2 aliphatic rings. The largest absolute Gasteiger partial charge is 0.397 e. The van der Waals surface area contributed by atoms with E-state index in [2.05, 4.69) is 9.71 Å². The molecule has 0 bridgehead atoms. The summed E-state index contributed by atoms with van der Waals surface area (Å²) in [4.78, 5) is 0.217. The highest BCUT2D eigenvalue weighted by Crippen LogP contribution is 2.20. The number of allylic oxidation sites excluding steroid dienone is 1. The van der Waals surface area contributed by atoms with Crippen molar-refractivity contribution in [3.8, 4) is 0 Å². The smallest absolute Gasteiger partial charge is 0.281 e. The van der Waals surface area contributed by atoms with Crippen LogP contribution in [0.4, 0.5) is 0 Å². The van der Waals surface area contributed by atoms with Crippen molar-refractivity contribution < 1.29 is 8.42 Å². The molecule has 1 fully saturated rings. The van der Waals surface area contributed by atoms with Crippen LogP contribution in [-0.2, 0) is 10.0 Å². The van der Waals surface area contributed by atoms with Crippen molar-refractivity contribution in [3.05, 3.63) is 10.6 Å². The molecule has 5 nitrogen and oxygen atoms in total. The molecule has 2 rings (SSSR count). The van der Waals surface area contributed by atoms with E-state index in [4.69, 9.17) is 5.73 Å². The molecule has 1 aliphatic carbocycles. The first-order chi connectivity index (χ1) is 7.09. The van der Waals surface area contributed by atoms with Crippen molar-refractivity contribution in [1.82, 2.24) is 5.32 Å². The molecule has 0 spiro atoms. The molecule has 0 aromatic heterocycles. The van der Waals surface area contributed by atoms with Crippen LogP contribution in [0.25, 0.3) is 0 Å². The highest BCUT2D eigenvalue weighted by molar-refractivity contribution is 7.94. The molecule has 0 saturated heterocycles. The molecule has 0 unspecified atom stereocenters. The first-order valence-corrected chi connectivity index (χ1v) is 6.56. The molecule has 1 heterocycles. The van der Waals surface area contributed by atoms with Crippen molar-refractivity contribution in [2.24, 2.45) is 10.1 Å². The van der Waals surface area contributed by atoms with E-state index in [-0.39, 0.29) is 10.6 Å². The first-order valence-electron chi connectivity index (χ1n) is 5.12. The Morgan fingerprint density at radius 2 is 2.13 bits per heavy atom. The Morgan fingerprint density at radius 1 is 1.47 bits per heavy atom. The normalized spacial score (nSPS) is 25.3. The Kier molecular flexibility index (Phi) is 2.79. The van der Waals surface area contributed by atoms with Crippen LogP contribution >= 0.6 is 0 Å². The summed E-state index contributed by atoms with van der Waals surface area (Å²) in [6.45, 7) is 0.304. The fraction of sp³-hybridized carbons (Fsp3) is 0.667. The average Bonchev–Trinajstić information content (AvgIpc) is 2.74. The second-order valence-corrected chi connectivity index (χ2v) is 5.60. The molecule has 0 aromatic carbocycles. The first kappa shape index (κ1) is 10.6. The lowest BCUT2D eigenvalue weighted by Gasteiger charge is -2.11. The molecule has 0 atom stereocenters. The standard InChI is InChI=1S/C9H15N3O2S/c10-8-5-12-15(13,14)9(8)6-11-7-3-1-2-4-7/h5,7,11H,1-4,6,10H2. The lowest BCUT2D eigenvalue weighted by Crippen LogP contribution is -2.30. The summed E-state index contributed by atoms with van der Waals surface area (Å²) in [5.41, 5.74) is 5.81. The summed E-state index contributed by atoms with van der Waals surface area (Å²) in [5.74, 6) is 0. The Morgan fingerprint density at radius 3 is 2.67 bits per heavy atom. The molecule has 1 saturated carbocycles. The second-order valence-electron chi connectivity index (χ2n) is 3.95. The van der Waals surface area contributed by atoms with Crippen LogP contribution < -0.4 is 11.1 Å². The van der Waals surface area contributed by atoms with Gasteiger partial charge in [0.1, 0.15) is 4.91 Å². The number of hydrogen-bond donors (Lipinski definition) is 2. The summed E-state index contributed by atoms with van der Waals surface area (Å²) in [5, 5.41) is 3.21. The van der Waals surface area contributed by atoms with E-state index in [1.165, 1.54) is 19.1 Å². The molecule has 84 valence electrons. The molecule has 1 aliphatic heterocycles. The molecular formula is C9H15N3O2S. The number of nitrogens with one attached hydrogen (secondary N) is 1. The van der Waals surface area contributed by atoms with Crippen LogP contribution in [0.3, 0.4) is 0 Å². The van der Waals surface area contributed by atoms with Gasteiger partial charge in [0.15, 0.2) is 0 Å². The maximum absolute atomic E-state index is 11.4. The molecule has 15 heavy (non-hydrogen) atoms. The third-order valence-electron chi connectivity index (χ3n) is 2.87. The average molecular weight is 229 g/mol. The van der Waals surface area contributed by atoms with E-state index < -0.39 is 10.0 Å². The minimum Gasteiger partial charge on any atom is -0.397 e. The van der Waals surface area contributed by atoms with Gasteiger partial charge < -0.3 is 11.1 Å². The van der Waals surface area contributed by atoms with Gasteiger partial charge in [-0.1, -0.05) is 12.8 Å². The fourth-order valence-corrected chi connectivity index (χ4v) is 2.97. The van der Waals surface area contributed by atoms with E-state index in [0.717, 1.165) is 12.8 Å². The van der Waals surface area contributed by atoms with Crippen LogP contribution in [0.5, 0.6) is 0 Å². The van der Waals surface area contributed by atoms with Gasteiger partial charge in [-0.2, -0.15) is 12.8 Å². The second kappa shape index (κ2) is 3.94. The zero-order valence-corrected chi connectivity index (χ0v) is 9.26. The van der Waals surface area contributed by atoms with E-state index in [9.17, 15) is 8.42 Å². The lowest BCUT2D eigenvalue weighted by atomic mass is 10.2. The van der Waals surface area contributed by atoms with Gasteiger partial charge in [-0.15, -0.1) is 0 Å². The van der Waals surface area contributed by atoms with E-state index >= 15 is 0 Å². The maximum atomic E-state index is 11.4. The van der Waals surface area contributed by atoms with Crippen molar-refractivity contribution in [2.45, 2.75) is 31.7 Å². The molecule has 0 radical (unpaired) electrons. The summed E-state index contributed by atoms with van der Waals surface area (Å²) in [7, 11) is -3.47. The zero-order valence-electron chi connectivity index (χ0n) is 8.44. The SMILES string of the molecule is NC1=C(CNC2CCCC2)S(=O)(=O)N=C1. The third kappa shape index (κ3) is 2.21. The number of nitrogens with two attached hydrogens (primary N) is 1. The minimum absolute atomic E-state index is 0.217. The summed E-state index contributed by atoms with van der Waals surface area (Å²) < 4.78 is 26.2. The van der Waals surface area contributed by atoms with Gasteiger partial charge in [0.05, 0.1) is 11.9 Å². The van der Waals surface area contributed by atoms with Gasteiger partial charge >= 0.3 is 0 Å². The van der Waals surface area contributed by atoms with Crippen molar-refractivity contribution >= 4 is 16.2 Å². The van der Waals surface area contributed by atoms with Crippen LogP contribution in [0.15, 0.2) is 15.0 Å². The molecule has 0 amide bonds. The summed E-state index contributed by atoms with van der Waals surface area (Å²) >= 11 is 0. The minimum atomic E-state index is -3.47. The van der Waals surface area contributed by atoms with E-state index in [0.29, 0.717) is 12.6 Å². The summed E-state index contributed by atoms with van der Waals surface area (Å²) in [6.07, 6.45) is 5.88. The van der Waals surface area contributed by atoms with E-state index in [1.807, 2.05) is 0 Å². The highest BCUT2D eigenvalue weighted by Gasteiger charge is 2.25. The Hall–Kier alpha value is -0.880. The quantitative estimate of drug-likeness (QED) is 0.719. The van der Waals surface area contributed by atoms with Gasteiger partial charge in [0, 0.05) is 12.6 Å². The van der Waals surface area contributed by atoms with Gasteiger partial charge in [-0.05, 0) is 12.8 Å². The van der Waals surface area contributed by atoms with E-state index in [1.54, 1.807) is 0 Å². The molecule has 0 aromatic rings. The lowest BCUT2D eigenvalue weighted by molar-refractivity contribution is 0.549. The number of nitrogens with zero attached hydrogens (tertiary/aromatic N) is 1. The molecule has 3 N–H and O–H groups in total. The Balaban J connectivity index is 1.98. The molecular weight excluding hydrogens is 214 g/mol. The summed E-state index contributed by atoms with van der Waals surface area (Å²) in [6, 6.07) is 0.432. The Labute approximate surface area is 89.5 Å². The number of hydrogen-bond acceptors (Lipinski definition) is 4. The maximum Gasteiger partial charge on any atom is 0.281 e. The monoisotopic (exact) mass is 229 g/mol. The number of sulfonamides is 1. The van der Waals surface area contributed by atoms with Crippen molar-refractivity contribution in [3.63, 3.8) is 0 Å². The third-order valence-corrected chi connectivity index (χ3v) is 4.26. The molecule has 6 heteroatoms. The van der Waals surface area contributed by atoms with Gasteiger partial charge in [-0.25, -0.2) is 0 Å². The Bertz CT molecular complexity index is 405. The van der Waals surface area contributed by atoms with Crippen LogP contribution in [0, 0.1) is 0 Å². The topological polar surface area (TPSA) is 84.5 Å². The zero-order chi connectivity index (χ0) is 10.9. The number of rotatable bonds is 3. The van der Waals surface area contributed by atoms with Gasteiger partial charge in [0.25, 0.3) is 10.0 Å². The van der Waals surface area contributed by atoms with Crippen molar-refractivity contribution in [2.75, 3.05) is 6.54 Å². The van der Waals surface area contributed by atoms with Crippen LogP contribution in [0.1, 0.15) is 25.7 Å². The fourth-order valence-electron chi connectivity index (χ4n) is 1.97. The van der Waals surface area contributed by atoms with Crippen LogP contribution in [-0.4, -0.2) is 27.2 Å².